The maximum Gasteiger partial charge on any atom is 0.355 e. The molecule has 0 spiro atoms. The number of hydrogen-bond donors (Lipinski definition) is 0. The second-order valence-electron chi connectivity index (χ2n) is 10.7. The molecular weight excluding hydrogens is 460 g/mol. The first-order valence-electron chi connectivity index (χ1n) is 12.1. The lowest BCUT2D eigenvalue weighted by molar-refractivity contribution is -0.188. The topological polar surface area (TPSA) is 87.5 Å². The van der Waals surface area contributed by atoms with Gasteiger partial charge in [0.15, 0.2) is 0 Å². The van der Waals surface area contributed by atoms with Crippen molar-refractivity contribution in [2.45, 2.75) is 71.1 Å². The molecule has 0 aliphatic carbocycles. The van der Waals surface area contributed by atoms with Crippen LogP contribution in [0.1, 0.15) is 42.5 Å². The van der Waals surface area contributed by atoms with Gasteiger partial charge in [0.05, 0.1) is 29.0 Å². The molecule has 4 heterocycles. The number of carbonyl (C=O) groups is 2. The maximum absolute atomic E-state index is 13.7. The van der Waals surface area contributed by atoms with Crippen LogP contribution in [0.2, 0.25) is 25.7 Å². The molecule has 2 aromatic heterocycles. The summed E-state index contributed by atoms with van der Waals surface area (Å²) in [5.74, 6) is -1.25. The standard InChI is InChI=1S/C27H30N2O5Si/c1-6-27(34-16(2)30)21-13-23-24-19(14-29(23)25(31)20(21)15-33-26(27)32)17(11-12-35(3,4)5)18-9-7-8-10-22(18)28-24/h7-10,13H,6,11-12,14-15H2,1-5H3/t27-/m0/s1. The van der Waals surface area contributed by atoms with E-state index in [1.165, 1.54) is 12.5 Å². The van der Waals surface area contributed by atoms with Crippen molar-refractivity contribution in [2.24, 2.45) is 0 Å². The highest BCUT2D eigenvalue weighted by Gasteiger charge is 2.50. The minimum absolute atomic E-state index is 0.134. The summed E-state index contributed by atoms with van der Waals surface area (Å²) in [4.78, 5) is 43.5. The van der Waals surface area contributed by atoms with E-state index in [1.54, 1.807) is 11.5 Å². The summed E-state index contributed by atoms with van der Waals surface area (Å²) < 4.78 is 12.6. The van der Waals surface area contributed by atoms with E-state index in [4.69, 9.17) is 14.5 Å². The van der Waals surface area contributed by atoms with Crippen LogP contribution in [-0.4, -0.2) is 29.6 Å². The van der Waals surface area contributed by atoms with Crippen molar-refractivity contribution in [1.82, 2.24) is 9.55 Å². The number of hydrogen-bond acceptors (Lipinski definition) is 6. The van der Waals surface area contributed by atoms with E-state index in [9.17, 15) is 14.4 Å². The van der Waals surface area contributed by atoms with Crippen molar-refractivity contribution in [3.63, 3.8) is 0 Å². The van der Waals surface area contributed by atoms with E-state index in [1.807, 2.05) is 24.3 Å². The molecule has 2 aliphatic heterocycles. The Morgan fingerprint density at radius 3 is 2.63 bits per heavy atom. The Bertz CT molecular complexity index is 1450. The van der Waals surface area contributed by atoms with E-state index >= 15 is 0 Å². The monoisotopic (exact) mass is 490 g/mol. The van der Waals surface area contributed by atoms with Gasteiger partial charge in [0.25, 0.3) is 5.56 Å². The number of cyclic esters (lactones) is 1. The molecule has 182 valence electrons. The Morgan fingerprint density at radius 1 is 1.20 bits per heavy atom. The first-order chi connectivity index (χ1) is 16.6. The van der Waals surface area contributed by atoms with Gasteiger partial charge in [0.2, 0.25) is 5.60 Å². The number of pyridine rings is 2. The molecule has 2 aliphatic rings. The van der Waals surface area contributed by atoms with E-state index in [0.717, 1.165) is 34.6 Å². The summed E-state index contributed by atoms with van der Waals surface area (Å²) >= 11 is 0. The highest BCUT2D eigenvalue weighted by Crippen LogP contribution is 2.42. The zero-order valence-corrected chi connectivity index (χ0v) is 21.9. The third-order valence-corrected chi connectivity index (χ3v) is 8.87. The number of benzene rings is 1. The van der Waals surface area contributed by atoms with Crippen LogP contribution < -0.4 is 5.56 Å². The molecule has 7 nitrogen and oxygen atoms in total. The van der Waals surface area contributed by atoms with Crippen molar-refractivity contribution in [1.29, 1.82) is 0 Å². The summed E-state index contributed by atoms with van der Waals surface area (Å²) in [6, 6.07) is 11.0. The van der Waals surface area contributed by atoms with Crippen molar-refractivity contribution < 1.29 is 19.1 Å². The lowest BCUT2D eigenvalue weighted by Gasteiger charge is -2.35. The first kappa shape index (κ1) is 23.5. The van der Waals surface area contributed by atoms with Crippen LogP contribution in [0.25, 0.3) is 22.3 Å². The summed E-state index contributed by atoms with van der Waals surface area (Å²) in [6.07, 6.45) is 1.10. The van der Waals surface area contributed by atoms with Crippen LogP contribution in [0.4, 0.5) is 0 Å². The number of carbonyl (C=O) groups excluding carboxylic acids is 2. The van der Waals surface area contributed by atoms with Crippen LogP contribution in [0.5, 0.6) is 0 Å². The molecule has 0 unspecified atom stereocenters. The molecule has 0 radical (unpaired) electrons. The molecule has 8 heteroatoms. The predicted molar refractivity (Wildman–Crippen MR) is 136 cm³/mol. The summed E-state index contributed by atoms with van der Waals surface area (Å²) in [5, 5.41) is 1.12. The van der Waals surface area contributed by atoms with Crippen molar-refractivity contribution >= 4 is 30.9 Å². The molecule has 0 saturated heterocycles. The highest BCUT2D eigenvalue weighted by molar-refractivity contribution is 6.76. The second-order valence-corrected chi connectivity index (χ2v) is 16.3. The van der Waals surface area contributed by atoms with Crippen molar-refractivity contribution in [2.75, 3.05) is 0 Å². The molecule has 1 atom stereocenters. The van der Waals surface area contributed by atoms with Crippen LogP contribution in [-0.2, 0) is 44.2 Å². The van der Waals surface area contributed by atoms with Crippen molar-refractivity contribution in [3.8, 4) is 11.4 Å². The Labute approximate surface area is 205 Å². The van der Waals surface area contributed by atoms with E-state index in [2.05, 4.69) is 25.7 Å². The van der Waals surface area contributed by atoms with Crippen LogP contribution in [0.15, 0.2) is 35.1 Å². The third-order valence-electron chi connectivity index (χ3n) is 7.12. The number of ether oxygens (including phenoxy) is 2. The van der Waals surface area contributed by atoms with E-state index in [-0.39, 0.29) is 18.6 Å². The molecule has 1 aromatic carbocycles. The largest absolute Gasteiger partial charge is 0.457 e. The van der Waals surface area contributed by atoms with Gasteiger partial charge >= 0.3 is 11.9 Å². The van der Waals surface area contributed by atoms with Crippen LogP contribution in [0.3, 0.4) is 0 Å². The zero-order chi connectivity index (χ0) is 25.1. The zero-order valence-electron chi connectivity index (χ0n) is 20.9. The van der Waals surface area contributed by atoms with Gasteiger partial charge in [-0.3, -0.25) is 9.59 Å². The smallest absolute Gasteiger partial charge is 0.355 e. The molecule has 5 rings (SSSR count). The van der Waals surface area contributed by atoms with Gasteiger partial charge in [0, 0.05) is 31.5 Å². The molecule has 0 N–H and O–H groups in total. The molecule has 3 aromatic rings. The second kappa shape index (κ2) is 8.15. The van der Waals surface area contributed by atoms with Gasteiger partial charge in [-0.2, -0.15) is 0 Å². The SMILES string of the molecule is CC[C@@]1(OC(C)=O)C(=O)OCc2c1cc1n(c2=O)Cc2c-1nc1ccccc1c2CC[Si](C)(C)C. The first-order valence-corrected chi connectivity index (χ1v) is 15.8. The lowest BCUT2D eigenvalue weighted by atomic mass is 9.85. The summed E-state index contributed by atoms with van der Waals surface area (Å²) in [6.45, 7) is 10.4. The fourth-order valence-corrected chi connectivity index (χ4v) is 6.30. The number of aryl methyl sites for hydroxylation is 1. The average Bonchev–Trinajstić information content (AvgIpc) is 3.16. The van der Waals surface area contributed by atoms with Gasteiger partial charge in [-0.15, -0.1) is 0 Å². The van der Waals surface area contributed by atoms with Gasteiger partial charge < -0.3 is 14.0 Å². The van der Waals surface area contributed by atoms with Gasteiger partial charge in [-0.05, 0) is 30.5 Å². The van der Waals surface area contributed by atoms with Gasteiger partial charge in [-0.25, -0.2) is 9.78 Å². The quantitative estimate of drug-likeness (QED) is 0.302. The number of para-hydroxylation sites is 1. The Morgan fingerprint density at radius 2 is 1.94 bits per heavy atom. The Balaban J connectivity index is 1.76. The summed E-state index contributed by atoms with van der Waals surface area (Å²) in [5.41, 5.74) is 3.51. The number of fused-ring (bicyclic) bond motifs is 5. The predicted octanol–water partition coefficient (Wildman–Crippen LogP) is 4.53. The molecule has 0 amide bonds. The fourth-order valence-electron chi connectivity index (χ4n) is 5.30. The molecule has 0 saturated carbocycles. The number of esters is 2. The molecule has 0 bridgehead atoms. The van der Waals surface area contributed by atoms with Crippen LogP contribution >= 0.6 is 0 Å². The number of aromatic nitrogens is 2. The fraction of sp³-hybridized carbons (Fsp3) is 0.407. The maximum atomic E-state index is 13.7. The van der Waals surface area contributed by atoms with Gasteiger partial charge in [-0.1, -0.05) is 50.8 Å². The third kappa shape index (κ3) is 3.71. The van der Waals surface area contributed by atoms with E-state index in [0.29, 0.717) is 23.4 Å². The molecular formula is C27H30N2O5Si. The average molecular weight is 491 g/mol. The Kier molecular flexibility index (Phi) is 5.47. The molecule has 35 heavy (non-hydrogen) atoms. The molecule has 0 fully saturated rings. The van der Waals surface area contributed by atoms with Crippen molar-refractivity contribution in [3.05, 3.63) is 62.9 Å². The van der Waals surface area contributed by atoms with Crippen LogP contribution in [0, 0.1) is 0 Å². The minimum Gasteiger partial charge on any atom is -0.457 e. The Hall–Kier alpha value is -3.26. The minimum atomic E-state index is -1.63. The lowest BCUT2D eigenvalue weighted by Crippen LogP contribution is -2.47. The highest BCUT2D eigenvalue weighted by atomic mass is 28.3. The van der Waals surface area contributed by atoms with Gasteiger partial charge in [0.1, 0.15) is 6.61 Å². The normalized spacial score (nSPS) is 18.6. The number of rotatable bonds is 5. The van der Waals surface area contributed by atoms with E-state index < -0.39 is 25.6 Å². The number of nitrogens with zero attached hydrogens (tertiary/aromatic N) is 2. The summed E-state index contributed by atoms with van der Waals surface area (Å²) in [7, 11) is -1.31.